The van der Waals surface area contributed by atoms with Gasteiger partial charge in [-0.25, -0.2) is 4.98 Å². The Bertz CT molecular complexity index is 929. The zero-order valence-electron chi connectivity index (χ0n) is 15.7. The third kappa shape index (κ3) is 3.79. The van der Waals surface area contributed by atoms with Gasteiger partial charge in [-0.15, -0.1) is 10.2 Å². The quantitative estimate of drug-likeness (QED) is 0.463. The molecule has 28 heavy (non-hydrogen) atoms. The fourth-order valence-corrected chi connectivity index (χ4v) is 4.42. The lowest BCUT2D eigenvalue weighted by Gasteiger charge is -2.28. The summed E-state index contributed by atoms with van der Waals surface area (Å²) in [5.74, 6) is 4.00. The van der Waals surface area contributed by atoms with E-state index in [0.717, 1.165) is 43.2 Å². The molecule has 2 aliphatic rings. The number of hydrogen-bond acceptors (Lipinski definition) is 4. The minimum Gasteiger partial charge on any atom is -0.474 e. The van der Waals surface area contributed by atoms with E-state index in [0.29, 0.717) is 11.8 Å². The van der Waals surface area contributed by atoms with Crippen LogP contribution < -0.4 is 4.74 Å². The number of benzene rings is 1. The maximum atomic E-state index is 6.07. The van der Waals surface area contributed by atoms with E-state index < -0.39 is 0 Å². The molecular weight excluding hydrogens is 463 g/mol. The summed E-state index contributed by atoms with van der Waals surface area (Å²) in [7, 11) is 0. The van der Waals surface area contributed by atoms with Crippen LogP contribution in [0.1, 0.15) is 62.0 Å². The van der Waals surface area contributed by atoms with Crippen molar-refractivity contribution in [3.63, 3.8) is 0 Å². The van der Waals surface area contributed by atoms with Gasteiger partial charge in [0.2, 0.25) is 5.88 Å². The molecule has 6 heteroatoms. The Balaban J connectivity index is 1.35. The molecule has 0 bridgehead atoms. The highest BCUT2D eigenvalue weighted by Gasteiger charge is 2.34. The number of rotatable bonds is 5. The van der Waals surface area contributed by atoms with E-state index >= 15 is 0 Å². The molecule has 2 saturated carbocycles. The Kier molecular flexibility index (Phi) is 5.05. The van der Waals surface area contributed by atoms with Crippen LogP contribution in [0.2, 0.25) is 0 Å². The second kappa shape index (κ2) is 7.81. The third-order valence-corrected chi connectivity index (χ3v) is 6.42. The predicted molar refractivity (Wildman–Crippen MR) is 116 cm³/mol. The summed E-state index contributed by atoms with van der Waals surface area (Å²) >= 11 is 2.35. The molecule has 0 atom stereocenters. The molecule has 3 aromatic rings. The monoisotopic (exact) mass is 486 g/mol. The maximum Gasteiger partial charge on any atom is 0.213 e. The lowest BCUT2D eigenvalue weighted by molar-refractivity contribution is 0.139. The number of hydrogen-bond donors (Lipinski definition) is 0. The van der Waals surface area contributed by atoms with Gasteiger partial charge in [-0.2, -0.15) is 0 Å². The van der Waals surface area contributed by atoms with Crippen molar-refractivity contribution in [1.82, 2.24) is 19.7 Å². The molecule has 144 valence electrons. The summed E-state index contributed by atoms with van der Waals surface area (Å²) in [5.41, 5.74) is 1.19. The Labute approximate surface area is 178 Å². The van der Waals surface area contributed by atoms with Gasteiger partial charge in [-0.05, 0) is 91.4 Å². The van der Waals surface area contributed by atoms with Gasteiger partial charge in [0.25, 0.3) is 0 Å². The van der Waals surface area contributed by atoms with Crippen molar-refractivity contribution in [3.8, 4) is 11.6 Å². The van der Waals surface area contributed by atoms with Gasteiger partial charge >= 0.3 is 0 Å². The van der Waals surface area contributed by atoms with E-state index in [-0.39, 0.29) is 6.10 Å². The standard InChI is InChI=1S/C22H23IN4O/c23-17-8-10-18(11-9-17)27-21(15-4-5-15)25-26-22(27)16-6-12-19(13-7-16)28-20-3-1-2-14-24-20/h1-3,8-11,14-16,19H,4-7,12-13H2. The van der Waals surface area contributed by atoms with Gasteiger partial charge in [0.15, 0.2) is 0 Å². The SMILES string of the molecule is Ic1ccc(-n2c(C3CCC(Oc4ccccn4)CC3)nnc2C2CC2)cc1. The zero-order chi connectivity index (χ0) is 18.9. The first-order valence-corrected chi connectivity index (χ1v) is 11.1. The van der Waals surface area contributed by atoms with Crippen molar-refractivity contribution >= 4 is 22.6 Å². The number of nitrogens with zero attached hydrogens (tertiary/aromatic N) is 4. The minimum atomic E-state index is 0.240. The third-order valence-electron chi connectivity index (χ3n) is 5.70. The fraction of sp³-hybridized carbons (Fsp3) is 0.409. The van der Waals surface area contributed by atoms with Crippen molar-refractivity contribution < 1.29 is 4.74 Å². The second-order valence-corrected chi connectivity index (χ2v) is 9.01. The Morgan fingerprint density at radius 1 is 0.821 bits per heavy atom. The van der Waals surface area contributed by atoms with E-state index in [2.05, 4.69) is 66.6 Å². The molecule has 0 spiro atoms. The first kappa shape index (κ1) is 18.1. The molecule has 2 aromatic heterocycles. The Hall–Kier alpha value is -1.96. The summed E-state index contributed by atoms with van der Waals surface area (Å²) in [4.78, 5) is 4.29. The van der Waals surface area contributed by atoms with Crippen molar-refractivity contribution in [3.05, 3.63) is 63.9 Å². The van der Waals surface area contributed by atoms with Crippen LogP contribution >= 0.6 is 22.6 Å². The van der Waals surface area contributed by atoms with Crippen LogP contribution in [0.3, 0.4) is 0 Å². The van der Waals surface area contributed by atoms with Gasteiger partial charge in [0.05, 0.1) is 0 Å². The molecule has 1 aromatic carbocycles. The van der Waals surface area contributed by atoms with Gasteiger partial charge < -0.3 is 4.74 Å². The molecule has 5 nitrogen and oxygen atoms in total. The Morgan fingerprint density at radius 2 is 1.46 bits per heavy atom. The summed E-state index contributed by atoms with van der Waals surface area (Å²) in [5, 5.41) is 9.28. The van der Waals surface area contributed by atoms with E-state index in [1.807, 2.05) is 18.2 Å². The van der Waals surface area contributed by atoms with Crippen LogP contribution in [-0.4, -0.2) is 25.9 Å². The molecule has 2 fully saturated rings. The minimum absolute atomic E-state index is 0.240. The number of halogens is 1. The van der Waals surface area contributed by atoms with E-state index in [4.69, 9.17) is 4.74 Å². The van der Waals surface area contributed by atoms with E-state index in [1.54, 1.807) is 6.20 Å². The van der Waals surface area contributed by atoms with Crippen molar-refractivity contribution in [2.24, 2.45) is 0 Å². The molecular formula is C22H23IN4O. The van der Waals surface area contributed by atoms with Crippen molar-refractivity contribution in [1.29, 1.82) is 0 Å². The summed E-state index contributed by atoms with van der Waals surface area (Å²) < 4.78 is 9.64. The highest BCUT2D eigenvalue weighted by Crippen LogP contribution is 2.42. The number of ether oxygens (including phenoxy) is 1. The fourth-order valence-electron chi connectivity index (χ4n) is 4.06. The number of aromatic nitrogens is 4. The first-order chi connectivity index (χ1) is 13.8. The highest BCUT2D eigenvalue weighted by molar-refractivity contribution is 14.1. The lowest BCUT2D eigenvalue weighted by atomic mass is 9.86. The molecule has 2 aliphatic carbocycles. The first-order valence-electron chi connectivity index (χ1n) is 10.1. The average Bonchev–Trinajstić information content (AvgIpc) is 3.49. The van der Waals surface area contributed by atoms with Gasteiger partial charge in [0.1, 0.15) is 17.8 Å². The van der Waals surface area contributed by atoms with Crippen LogP contribution in [0.15, 0.2) is 48.7 Å². The van der Waals surface area contributed by atoms with Crippen LogP contribution in [0.4, 0.5) is 0 Å². The van der Waals surface area contributed by atoms with Crippen LogP contribution in [0.25, 0.3) is 5.69 Å². The normalized spacial score (nSPS) is 22.2. The van der Waals surface area contributed by atoms with E-state index in [1.165, 1.54) is 22.1 Å². The molecule has 0 amide bonds. The average molecular weight is 486 g/mol. The summed E-state index contributed by atoms with van der Waals surface area (Å²) in [6, 6.07) is 14.5. The van der Waals surface area contributed by atoms with Crippen molar-refractivity contribution in [2.75, 3.05) is 0 Å². The van der Waals surface area contributed by atoms with Crippen LogP contribution in [-0.2, 0) is 0 Å². The molecule has 5 rings (SSSR count). The molecule has 0 saturated heterocycles. The summed E-state index contributed by atoms with van der Waals surface area (Å²) in [6.45, 7) is 0. The van der Waals surface area contributed by atoms with Gasteiger partial charge in [0, 0.05) is 33.4 Å². The van der Waals surface area contributed by atoms with Crippen LogP contribution in [0, 0.1) is 3.57 Å². The van der Waals surface area contributed by atoms with Gasteiger partial charge in [-0.1, -0.05) is 6.07 Å². The molecule has 2 heterocycles. The molecule has 0 N–H and O–H groups in total. The smallest absolute Gasteiger partial charge is 0.213 e. The highest BCUT2D eigenvalue weighted by atomic mass is 127. The zero-order valence-corrected chi connectivity index (χ0v) is 17.8. The Morgan fingerprint density at radius 3 is 2.04 bits per heavy atom. The molecule has 0 aliphatic heterocycles. The largest absolute Gasteiger partial charge is 0.474 e. The maximum absolute atomic E-state index is 6.07. The topological polar surface area (TPSA) is 52.8 Å². The lowest BCUT2D eigenvalue weighted by Crippen LogP contribution is -2.25. The summed E-state index contributed by atoms with van der Waals surface area (Å²) in [6.07, 6.45) is 8.68. The van der Waals surface area contributed by atoms with Crippen LogP contribution in [0.5, 0.6) is 5.88 Å². The molecule has 0 unspecified atom stereocenters. The van der Waals surface area contributed by atoms with Crippen molar-refractivity contribution in [2.45, 2.75) is 56.5 Å². The second-order valence-electron chi connectivity index (χ2n) is 7.76. The van der Waals surface area contributed by atoms with E-state index in [9.17, 15) is 0 Å². The van der Waals surface area contributed by atoms with Gasteiger partial charge in [-0.3, -0.25) is 4.57 Å². The number of pyridine rings is 1. The predicted octanol–water partition coefficient (Wildman–Crippen LogP) is 5.25. The molecule has 0 radical (unpaired) electrons.